The summed E-state index contributed by atoms with van der Waals surface area (Å²) in [6.45, 7) is 2.53. The lowest BCUT2D eigenvalue weighted by Crippen LogP contribution is -2.27. The molecule has 2 N–H and O–H groups in total. The van der Waals surface area contributed by atoms with Crippen LogP contribution in [0, 0.1) is 0 Å². The van der Waals surface area contributed by atoms with E-state index in [9.17, 15) is 9.59 Å². The fourth-order valence-electron chi connectivity index (χ4n) is 1.88. The summed E-state index contributed by atoms with van der Waals surface area (Å²) < 4.78 is 1.33. The number of carbonyl (C=O) groups excluding carboxylic acids is 1. The number of benzene rings is 1. The molecule has 0 bridgehead atoms. The summed E-state index contributed by atoms with van der Waals surface area (Å²) in [5.41, 5.74) is 5.29. The first kappa shape index (κ1) is 12.3. The molecule has 1 heterocycles. The number of primary amides is 1. The van der Waals surface area contributed by atoms with E-state index in [1.54, 1.807) is 24.3 Å². The number of carbonyl (C=O) groups is 1. The molecule has 18 heavy (non-hydrogen) atoms. The number of hydrogen-bond donors (Lipinski definition) is 1. The number of unbranched alkanes of at least 4 members (excludes halogenated alkanes) is 1. The van der Waals surface area contributed by atoms with Crippen molar-refractivity contribution in [1.29, 1.82) is 0 Å². The van der Waals surface area contributed by atoms with Gasteiger partial charge in [0.2, 0.25) is 0 Å². The molecular formula is C13H15N3O2. The molecule has 0 saturated carbocycles. The second-order valence-electron chi connectivity index (χ2n) is 4.14. The van der Waals surface area contributed by atoms with Gasteiger partial charge in [0, 0.05) is 11.9 Å². The van der Waals surface area contributed by atoms with E-state index < -0.39 is 5.91 Å². The van der Waals surface area contributed by atoms with Gasteiger partial charge in [0.25, 0.3) is 11.5 Å². The summed E-state index contributed by atoms with van der Waals surface area (Å²) in [6, 6.07) is 6.90. The molecule has 0 aliphatic rings. The molecule has 2 aromatic rings. The molecule has 0 atom stereocenters. The van der Waals surface area contributed by atoms with E-state index in [-0.39, 0.29) is 11.3 Å². The first-order chi connectivity index (χ1) is 8.65. The van der Waals surface area contributed by atoms with Crippen LogP contribution in [-0.2, 0) is 6.54 Å². The highest BCUT2D eigenvalue weighted by molar-refractivity contribution is 6.03. The minimum absolute atomic E-state index is 0.154. The zero-order valence-corrected chi connectivity index (χ0v) is 10.2. The number of aryl methyl sites for hydroxylation is 1. The van der Waals surface area contributed by atoms with Crippen molar-refractivity contribution in [1.82, 2.24) is 9.78 Å². The van der Waals surface area contributed by atoms with Crippen LogP contribution in [-0.4, -0.2) is 15.7 Å². The standard InChI is InChI=1S/C13H15N3O2/c1-2-3-8-16-13(18)10-7-5-4-6-9(10)11(15-16)12(14)17/h4-7H,2-3,8H2,1H3,(H2,14,17). The van der Waals surface area contributed by atoms with Crippen LogP contribution in [0.3, 0.4) is 0 Å². The third-order valence-electron chi connectivity index (χ3n) is 2.82. The molecule has 0 aliphatic heterocycles. The molecule has 0 radical (unpaired) electrons. The number of hydrogen-bond acceptors (Lipinski definition) is 3. The fourth-order valence-corrected chi connectivity index (χ4v) is 1.88. The van der Waals surface area contributed by atoms with Crippen molar-refractivity contribution in [2.45, 2.75) is 26.3 Å². The highest BCUT2D eigenvalue weighted by atomic mass is 16.1. The van der Waals surface area contributed by atoms with Crippen molar-refractivity contribution in [2.75, 3.05) is 0 Å². The topological polar surface area (TPSA) is 78.0 Å². The monoisotopic (exact) mass is 245 g/mol. The normalized spacial score (nSPS) is 10.7. The van der Waals surface area contributed by atoms with Gasteiger partial charge >= 0.3 is 0 Å². The van der Waals surface area contributed by atoms with E-state index >= 15 is 0 Å². The zero-order chi connectivity index (χ0) is 13.1. The van der Waals surface area contributed by atoms with Crippen LogP contribution in [0.2, 0.25) is 0 Å². The van der Waals surface area contributed by atoms with Gasteiger partial charge < -0.3 is 5.73 Å². The summed E-state index contributed by atoms with van der Waals surface area (Å²) in [4.78, 5) is 23.6. The van der Waals surface area contributed by atoms with E-state index in [1.165, 1.54) is 4.68 Å². The first-order valence-corrected chi connectivity index (χ1v) is 5.94. The van der Waals surface area contributed by atoms with E-state index in [0.29, 0.717) is 17.3 Å². The molecule has 0 saturated heterocycles. The highest BCUT2D eigenvalue weighted by Gasteiger charge is 2.13. The number of rotatable bonds is 4. The minimum atomic E-state index is -0.614. The molecule has 0 fully saturated rings. The second kappa shape index (κ2) is 5.00. The lowest BCUT2D eigenvalue weighted by atomic mass is 10.1. The van der Waals surface area contributed by atoms with Crippen molar-refractivity contribution in [2.24, 2.45) is 5.73 Å². The van der Waals surface area contributed by atoms with Gasteiger partial charge in [0.1, 0.15) is 0 Å². The second-order valence-corrected chi connectivity index (χ2v) is 4.14. The molecule has 1 amide bonds. The Hall–Kier alpha value is -2.17. The number of nitrogens with two attached hydrogens (primary N) is 1. The Morgan fingerprint density at radius 1 is 1.33 bits per heavy atom. The predicted octanol–water partition coefficient (Wildman–Crippen LogP) is 1.30. The van der Waals surface area contributed by atoms with Gasteiger partial charge in [-0.3, -0.25) is 9.59 Å². The highest BCUT2D eigenvalue weighted by Crippen LogP contribution is 2.12. The Balaban J connectivity index is 2.71. The quantitative estimate of drug-likeness (QED) is 0.881. The molecule has 0 unspecified atom stereocenters. The largest absolute Gasteiger partial charge is 0.364 e. The van der Waals surface area contributed by atoms with Crippen LogP contribution < -0.4 is 11.3 Å². The average molecular weight is 245 g/mol. The van der Waals surface area contributed by atoms with Crippen LogP contribution in [0.25, 0.3) is 10.8 Å². The Morgan fingerprint density at radius 3 is 2.61 bits per heavy atom. The maximum absolute atomic E-state index is 12.2. The molecule has 0 aliphatic carbocycles. The fraction of sp³-hybridized carbons (Fsp3) is 0.308. The van der Waals surface area contributed by atoms with Crippen LogP contribution >= 0.6 is 0 Å². The lowest BCUT2D eigenvalue weighted by Gasteiger charge is -2.08. The van der Waals surface area contributed by atoms with Crippen molar-refractivity contribution >= 4 is 16.7 Å². The number of amides is 1. The summed E-state index contributed by atoms with van der Waals surface area (Å²) in [5.74, 6) is -0.614. The molecule has 2 rings (SSSR count). The summed E-state index contributed by atoms with van der Waals surface area (Å²) in [6.07, 6.45) is 1.79. The number of nitrogens with zero attached hydrogens (tertiary/aromatic N) is 2. The summed E-state index contributed by atoms with van der Waals surface area (Å²) >= 11 is 0. The first-order valence-electron chi connectivity index (χ1n) is 5.94. The summed E-state index contributed by atoms with van der Waals surface area (Å²) in [5, 5.41) is 5.07. The Morgan fingerprint density at radius 2 is 2.00 bits per heavy atom. The molecule has 5 heteroatoms. The van der Waals surface area contributed by atoms with Crippen molar-refractivity contribution in [3.05, 3.63) is 40.3 Å². The maximum Gasteiger partial charge on any atom is 0.274 e. The lowest BCUT2D eigenvalue weighted by molar-refractivity contribution is 0.0995. The number of fused-ring (bicyclic) bond motifs is 1. The third kappa shape index (κ3) is 2.11. The van der Waals surface area contributed by atoms with Crippen LogP contribution in [0.1, 0.15) is 30.3 Å². The van der Waals surface area contributed by atoms with E-state index in [1.807, 2.05) is 6.92 Å². The molecule has 94 valence electrons. The molecule has 1 aromatic carbocycles. The molecule has 0 spiro atoms. The van der Waals surface area contributed by atoms with Gasteiger partial charge in [-0.05, 0) is 12.5 Å². The zero-order valence-electron chi connectivity index (χ0n) is 10.2. The van der Waals surface area contributed by atoms with Crippen LogP contribution in [0.5, 0.6) is 0 Å². The third-order valence-corrected chi connectivity index (χ3v) is 2.82. The molecule has 1 aromatic heterocycles. The van der Waals surface area contributed by atoms with Gasteiger partial charge in [-0.15, -0.1) is 0 Å². The van der Waals surface area contributed by atoms with Crippen molar-refractivity contribution < 1.29 is 4.79 Å². The van der Waals surface area contributed by atoms with Gasteiger partial charge in [0.15, 0.2) is 5.69 Å². The van der Waals surface area contributed by atoms with Crippen LogP contribution in [0.15, 0.2) is 29.1 Å². The van der Waals surface area contributed by atoms with Crippen LogP contribution in [0.4, 0.5) is 0 Å². The van der Waals surface area contributed by atoms with E-state index in [4.69, 9.17) is 5.73 Å². The maximum atomic E-state index is 12.2. The Kier molecular flexibility index (Phi) is 3.41. The predicted molar refractivity (Wildman–Crippen MR) is 69.4 cm³/mol. The van der Waals surface area contributed by atoms with Gasteiger partial charge in [-0.25, -0.2) is 4.68 Å². The van der Waals surface area contributed by atoms with Crippen molar-refractivity contribution in [3.63, 3.8) is 0 Å². The van der Waals surface area contributed by atoms with Gasteiger partial charge in [0.05, 0.1) is 5.39 Å². The summed E-state index contributed by atoms with van der Waals surface area (Å²) in [7, 11) is 0. The van der Waals surface area contributed by atoms with Crippen molar-refractivity contribution in [3.8, 4) is 0 Å². The Labute approximate surface area is 104 Å². The minimum Gasteiger partial charge on any atom is -0.364 e. The SMILES string of the molecule is CCCCn1nc(C(N)=O)c2ccccc2c1=O. The van der Waals surface area contributed by atoms with E-state index in [2.05, 4.69) is 5.10 Å². The van der Waals surface area contributed by atoms with Gasteiger partial charge in [-0.2, -0.15) is 5.10 Å². The smallest absolute Gasteiger partial charge is 0.274 e. The average Bonchev–Trinajstić information content (AvgIpc) is 2.38. The van der Waals surface area contributed by atoms with Gasteiger partial charge in [-0.1, -0.05) is 31.5 Å². The van der Waals surface area contributed by atoms with E-state index in [0.717, 1.165) is 12.8 Å². The molecule has 5 nitrogen and oxygen atoms in total. The number of aromatic nitrogens is 2. The molecular weight excluding hydrogens is 230 g/mol. The Bertz CT molecular complexity index is 646.